The van der Waals surface area contributed by atoms with Gasteiger partial charge >= 0.3 is 0 Å². The Bertz CT molecular complexity index is 797. The van der Waals surface area contributed by atoms with E-state index >= 15 is 0 Å². The fraction of sp³-hybridized carbons (Fsp3) is 0.417. The zero-order valence-electron chi connectivity index (χ0n) is 18.0. The van der Waals surface area contributed by atoms with Gasteiger partial charge in [-0.2, -0.15) is 0 Å². The lowest BCUT2D eigenvalue weighted by atomic mass is 9.99. The molecular formula is C24H33IN4O. The van der Waals surface area contributed by atoms with Crippen LogP contribution in [0.1, 0.15) is 24.0 Å². The molecule has 1 N–H and O–H groups in total. The van der Waals surface area contributed by atoms with Gasteiger partial charge in [0.1, 0.15) is 0 Å². The van der Waals surface area contributed by atoms with Crippen molar-refractivity contribution in [2.24, 2.45) is 10.9 Å². The summed E-state index contributed by atoms with van der Waals surface area (Å²) in [7, 11) is 3.68. The van der Waals surface area contributed by atoms with Gasteiger partial charge in [-0.1, -0.05) is 60.7 Å². The van der Waals surface area contributed by atoms with Gasteiger partial charge in [-0.15, -0.1) is 24.0 Å². The Morgan fingerprint density at radius 2 is 1.73 bits per heavy atom. The zero-order chi connectivity index (χ0) is 20.5. The van der Waals surface area contributed by atoms with Crippen LogP contribution in [0.5, 0.6) is 0 Å². The first-order valence-corrected chi connectivity index (χ1v) is 10.4. The van der Waals surface area contributed by atoms with Crippen LogP contribution in [0, 0.1) is 5.92 Å². The molecule has 1 heterocycles. The number of carbonyl (C=O) groups is 1. The standard InChI is InChI=1S/C24H32N4O.HI/c1-25-24(28-16-14-22(19-28)17-20-9-5-3-6-10-20)26-15-13-23(29)27(2)18-21-11-7-4-8-12-21;/h3-12,22H,13-19H2,1-2H3,(H,25,26);1H. The minimum Gasteiger partial charge on any atom is -0.356 e. The molecule has 1 saturated heterocycles. The number of hydrogen-bond donors (Lipinski definition) is 1. The van der Waals surface area contributed by atoms with Gasteiger partial charge in [0, 0.05) is 46.7 Å². The molecular weight excluding hydrogens is 487 g/mol. The molecule has 0 aliphatic carbocycles. The van der Waals surface area contributed by atoms with E-state index in [0.717, 1.165) is 31.0 Å². The van der Waals surface area contributed by atoms with Gasteiger partial charge in [0.15, 0.2) is 5.96 Å². The third kappa shape index (κ3) is 7.31. The number of halogens is 1. The van der Waals surface area contributed by atoms with Crippen molar-refractivity contribution in [3.05, 3.63) is 71.8 Å². The SMILES string of the molecule is CN=C(NCCC(=O)N(C)Cc1ccccc1)N1CCC(Cc2ccccc2)C1.I. The molecule has 162 valence electrons. The fourth-order valence-electron chi connectivity index (χ4n) is 3.89. The monoisotopic (exact) mass is 520 g/mol. The van der Waals surface area contributed by atoms with E-state index in [0.29, 0.717) is 25.4 Å². The molecule has 2 aromatic carbocycles. The van der Waals surface area contributed by atoms with Gasteiger partial charge in [0.2, 0.25) is 5.91 Å². The molecule has 30 heavy (non-hydrogen) atoms. The molecule has 6 heteroatoms. The van der Waals surface area contributed by atoms with E-state index < -0.39 is 0 Å². The Morgan fingerprint density at radius 1 is 1.10 bits per heavy atom. The molecule has 0 radical (unpaired) electrons. The number of benzene rings is 2. The van der Waals surface area contributed by atoms with Crippen LogP contribution in [-0.2, 0) is 17.8 Å². The highest BCUT2D eigenvalue weighted by atomic mass is 127. The number of nitrogens with one attached hydrogen (secondary N) is 1. The van der Waals surface area contributed by atoms with Gasteiger partial charge < -0.3 is 15.1 Å². The first-order valence-electron chi connectivity index (χ1n) is 10.4. The summed E-state index contributed by atoms with van der Waals surface area (Å²) in [5.41, 5.74) is 2.54. The number of amides is 1. The summed E-state index contributed by atoms with van der Waals surface area (Å²) in [6, 6.07) is 20.8. The van der Waals surface area contributed by atoms with Crippen LogP contribution in [0.2, 0.25) is 0 Å². The molecule has 1 fully saturated rings. The Kier molecular flexibility index (Phi) is 10.1. The van der Waals surface area contributed by atoms with Crippen molar-refractivity contribution in [1.29, 1.82) is 0 Å². The molecule has 5 nitrogen and oxygen atoms in total. The number of nitrogens with zero attached hydrogens (tertiary/aromatic N) is 3. The second kappa shape index (κ2) is 12.6. The van der Waals surface area contributed by atoms with Crippen LogP contribution in [-0.4, -0.2) is 55.4 Å². The van der Waals surface area contributed by atoms with Crippen LogP contribution in [0.15, 0.2) is 65.7 Å². The maximum Gasteiger partial charge on any atom is 0.224 e. The third-order valence-electron chi connectivity index (χ3n) is 5.47. The topological polar surface area (TPSA) is 47.9 Å². The van der Waals surface area contributed by atoms with E-state index in [2.05, 4.69) is 45.5 Å². The summed E-state index contributed by atoms with van der Waals surface area (Å²) < 4.78 is 0. The normalized spacial score (nSPS) is 16.1. The lowest BCUT2D eigenvalue weighted by Gasteiger charge is -2.22. The molecule has 2 aromatic rings. The van der Waals surface area contributed by atoms with Crippen LogP contribution >= 0.6 is 24.0 Å². The van der Waals surface area contributed by atoms with Crippen LogP contribution < -0.4 is 5.32 Å². The number of guanidine groups is 1. The van der Waals surface area contributed by atoms with Gasteiger partial charge in [-0.25, -0.2) is 0 Å². The van der Waals surface area contributed by atoms with E-state index in [1.165, 1.54) is 12.0 Å². The van der Waals surface area contributed by atoms with E-state index in [-0.39, 0.29) is 29.9 Å². The number of aliphatic imine (C=N–C) groups is 1. The van der Waals surface area contributed by atoms with E-state index in [9.17, 15) is 4.79 Å². The first-order chi connectivity index (χ1) is 14.2. The summed E-state index contributed by atoms with van der Waals surface area (Å²) in [5.74, 6) is 1.69. The minimum atomic E-state index is 0. The average molecular weight is 520 g/mol. The molecule has 0 saturated carbocycles. The molecule has 0 bridgehead atoms. The van der Waals surface area contributed by atoms with Crippen molar-refractivity contribution < 1.29 is 4.79 Å². The largest absolute Gasteiger partial charge is 0.356 e. The highest BCUT2D eigenvalue weighted by Gasteiger charge is 2.25. The second-order valence-corrected chi connectivity index (χ2v) is 7.75. The Balaban J connectivity index is 0.00000320. The fourth-order valence-corrected chi connectivity index (χ4v) is 3.89. The van der Waals surface area contributed by atoms with Crippen molar-refractivity contribution >= 4 is 35.8 Å². The van der Waals surface area contributed by atoms with E-state index in [1.807, 2.05) is 44.4 Å². The van der Waals surface area contributed by atoms with E-state index in [4.69, 9.17) is 0 Å². The summed E-state index contributed by atoms with van der Waals surface area (Å²) in [6.07, 6.45) is 2.75. The zero-order valence-corrected chi connectivity index (χ0v) is 20.3. The second-order valence-electron chi connectivity index (χ2n) is 7.75. The number of likely N-dealkylation sites (tertiary alicyclic amines) is 1. The van der Waals surface area contributed by atoms with E-state index in [1.54, 1.807) is 4.90 Å². The quantitative estimate of drug-likeness (QED) is 0.344. The lowest BCUT2D eigenvalue weighted by Crippen LogP contribution is -2.41. The molecule has 3 rings (SSSR count). The van der Waals surface area contributed by atoms with Crippen molar-refractivity contribution in [1.82, 2.24) is 15.1 Å². The Labute approximate surface area is 197 Å². The minimum absolute atomic E-state index is 0. The summed E-state index contributed by atoms with van der Waals surface area (Å²) in [5, 5.41) is 3.37. The molecule has 0 spiro atoms. The average Bonchev–Trinajstić information content (AvgIpc) is 3.20. The van der Waals surface area contributed by atoms with Crippen LogP contribution in [0.3, 0.4) is 0 Å². The smallest absolute Gasteiger partial charge is 0.224 e. The number of carbonyl (C=O) groups excluding carboxylic acids is 1. The van der Waals surface area contributed by atoms with Crippen LogP contribution in [0.4, 0.5) is 0 Å². The molecule has 0 aromatic heterocycles. The Morgan fingerprint density at radius 3 is 2.37 bits per heavy atom. The molecule has 1 atom stereocenters. The molecule has 1 unspecified atom stereocenters. The highest BCUT2D eigenvalue weighted by molar-refractivity contribution is 14.0. The molecule has 1 amide bonds. The van der Waals surface area contributed by atoms with Crippen molar-refractivity contribution in [3.63, 3.8) is 0 Å². The third-order valence-corrected chi connectivity index (χ3v) is 5.47. The van der Waals surface area contributed by atoms with Crippen LogP contribution in [0.25, 0.3) is 0 Å². The van der Waals surface area contributed by atoms with Crippen molar-refractivity contribution in [3.8, 4) is 0 Å². The summed E-state index contributed by atoms with van der Waals surface area (Å²) >= 11 is 0. The highest BCUT2D eigenvalue weighted by Crippen LogP contribution is 2.20. The van der Waals surface area contributed by atoms with Gasteiger partial charge in [0.05, 0.1) is 0 Å². The van der Waals surface area contributed by atoms with Gasteiger partial charge in [-0.05, 0) is 29.9 Å². The Hall–Kier alpha value is -2.09. The number of rotatable bonds is 7. The van der Waals surface area contributed by atoms with Crippen molar-refractivity contribution in [2.75, 3.05) is 33.7 Å². The van der Waals surface area contributed by atoms with Crippen molar-refractivity contribution in [2.45, 2.75) is 25.8 Å². The van der Waals surface area contributed by atoms with Gasteiger partial charge in [0.25, 0.3) is 0 Å². The summed E-state index contributed by atoms with van der Waals surface area (Å²) in [4.78, 5) is 20.9. The molecule has 1 aliphatic rings. The lowest BCUT2D eigenvalue weighted by molar-refractivity contribution is -0.130. The maximum absolute atomic E-state index is 12.4. The maximum atomic E-state index is 12.4. The van der Waals surface area contributed by atoms with Gasteiger partial charge in [-0.3, -0.25) is 9.79 Å². The number of hydrogen-bond acceptors (Lipinski definition) is 2. The molecule has 1 aliphatic heterocycles. The summed E-state index contributed by atoms with van der Waals surface area (Å²) in [6.45, 7) is 3.27. The predicted molar refractivity (Wildman–Crippen MR) is 134 cm³/mol. The predicted octanol–water partition coefficient (Wildman–Crippen LogP) is 3.79. The first kappa shape index (κ1) is 24.2.